The Morgan fingerprint density at radius 3 is 2.74 bits per heavy atom. The van der Waals surface area contributed by atoms with E-state index in [1.807, 2.05) is 31.1 Å². The topological polar surface area (TPSA) is 121 Å². The Hall–Kier alpha value is -3.60. The standard InChI is InChI=1S/C24H31N7O4/c1-3-35-24(34)30-10-8-16(9-11-30)19-14-31(28-26-19)13-15-4-5-17-20(12-15)29(2)27-22(17)18-6-7-21(32)25-23(18)33/h4-5,12,14,16,18,26,28H,3,6-11,13H2,1-2H3,(H,25,32,33). The summed E-state index contributed by atoms with van der Waals surface area (Å²) in [4.78, 5) is 37.6. The minimum atomic E-state index is -0.410. The van der Waals surface area contributed by atoms with Crippen LogP contribution >= 0.6 is 0 Å². The first-order valence-electron chi connectivity index (χ1n) is 12.1. The number of allylic oxidation sites excluding steroid dienone is 1. The maximum absolute atomic E-state index is 12.4. The van der Waals surface area contributed by atoms with Crippen molar-refractivity contribution in [3.05, 3.63) is 41.4 Å². The van der Waals surface area contributed by atoms with Crippen LogP contribution in [0.3, 0.4) is 0 Å². The molecule has 3 aliphatic rings. The van der Waals surface area contributed by atoms with Crippen LogP contribution in [0.15, 0.2) is 30.1 Å². The maximum Gasteiger partial charge on any atom is 0.409 e. The van der Waals surface area contributed by atoms with Crippen LogP contribution in [0.4, 0.5) is 4.79 Å². The largest absolute Gasteiger partial charge is 0.450 e. The van der Waals surface area contributed by atoms with Crippen molar-refractivity contribution in [1.82, 2.24) is 36.0 Å². The predicted octanol–water partition coefficient (Wildman–Crippen LogP) is 1.63. The second kappa shape index (κ2) is 9.57. The summed E-state index contributed by atoms with van der Waals surface area (Å²) >= 11 is 0. The first kappa shape index (κ1) is 23.2. The van der Waals surface area contributed by atoms with Gasteiger partial charge in [-0.05, 0) is 37.8 Å². The van der Waals surface area contributed by atoms with Crippen LogP contribution in [0.2, 0.25) is 0 Å². The van der Waals surface area contributed by atoms with Crippen LogP contribution in [-0.4, -0.2) is 57.3 Å². The average Bonchev–Trinajstić information content (AvgIpc) is 3.44. The second-order valence-electron chi connectivity index (χ2n) is 9.27. The van der Waals surface area contributed by atoms with E-state index in [4.69, 9.17) is 4.74 Å². The number of imide groups is 1. The van der Waals surface area contributed by atoms with Gasteiger partial charge in [0.15, 0.2) is 0 Å². The molecule has 11 nitrogen and oxygen atoms in total. The average molecular weight is 482 g/mol. The van der Waals surface area contributed by atoms with Gasteiger partial charge < -0.3 is 15.1 Å². The molecule has 0 bridgehead atoms. The van der Waals surface area contributed by atoms with Crippen molar-refractivity contribution < 1.29 is 19.1 Å². The molecule has 2 aromatic rings. The van der Waals surface area contributed by atoms with E-state index in [9.17, 15) is 14.4 Å². The number of carbonyl (C=O) groups excluding carboxylic acids is 3. The summed E-state index contributed by atoms with van der Waals surface area (Å²) in [5, 5.41) is 9.98. The van der Waals surface area contributed by atoms with Crippen LogP contribution in [0.25, 0.3) is 10.9 Å². The van der Waals surface area contributed by atoms with Crippen molar-refractivity contribution in [2.45, 2.75) is 45.1 Å². The molecule has 35 heavy (non-hydrogen) atoms. The smallest absolute Gasteiger partial charge is 0.409 e. The van der Waals surface area contributed by atoms with Crippen molar-refractivity contribution in [2.24, 2.45) is 13.0 Å². The van der Waals surface area contributed by atoms with Crippen LogP contribution < -0.4 is 16.3 Å². The Morgan fingerprint density at radius 1 is 1.20 bits per heavy atom. The summed E-state index contributed by atoms with van der Waals surface area (Å²) in [6, 6.07) is 6.14. The lowest BCUT2D eigenvalue weighted by atomic mass is 9.92. The highest BCUT2D eigenvalue weighted by Crippen LogP contribution is 2.31. The van der Waals surface area contributed by atoms with Crippen molar-refractivity contribution in [3.8, 4) is 0 Å². The third kappa shape index (κ3) is 4.68. The zero-order chi connectivity index (χ0) is 24.5. The molecule has 1 atom stereocenters. The number of nitrogens with zero attached hydrogens (tertiary/aromatic N) is 4. The van der Waals surface area contributed by atoms with Gasteiger partial charge in [-0.1, -0.05) is 12.1 Å². The molecular formula is C24H31N7O4. The number of amides is 3. The Balaban J connectivity index is 1.24. The lowest BCUT2D eigenvalue weighted by molar-refractivity contribution is -0.134. The van der Waals surface area contributed by atoms with E-state index in [1.165, 1.54) is 0 Å². The van der Waals surface area contributed by atoms with E-state index in [0.29, 0.717) is 45.0 Å². The number of piperidine rings is 2. The normalized spacial score (nSPS) is 21.2. The predicted molar refractivity (Wildman–Crippen MR) is 127 cm³/mol. The van der Waals surface area contributed by atoms with Gasteiger partial charge in [-0.3, -0.25) is 24.6 Å². The number of hydrazine groups is 2. The van der Waals surface area contributed by atoms with E-state index in [0.717, 1.165) is 40.7 Å². The molecule has 2 saturated heterocycles. The molecule has 11 heteroatoms. The number of benzene rings is 1. The number of ether oxygens (including phenoxy) is 1. The Labute approximate surface area is 203 Å². The molecule has 0 saturated carbocycles. The number of nitrogens with one attached hydrogen (secondary N) is 3. The Morgan fingerprint density at radius 2 is 2.00 bits per heavy atom. The maximum atomic E-state index is 12.4. The van der Waals surface area contributed by atoms with E-state index in [1.54, 1.807) is 9.58 Å². The molecule has 0 aliphatic carbocycles. The van der Waals surface area contributed by atoms with Crippen molar-refractivity contribution in [1.29, 1.82) is 0 Å². The zero-order valence-corrected chi connectivity index (χ0v) is 20.0. The molecule has 0 spiro atoms. The second-order valence-corrected chi connectivity index (χ2v) is 9.27. The van der Waals surface area contributed by atoms with Crippen LogP contribution in [0.1, 0.15) is 49.8 Å². The van der Waals surface area contributed by atoms with Gasteiger partial charge in [0.1, 0.15) is 0 Å². The monoisotopic (exact) mass is 481 g/mol. The van der Waals surface area contributed by atoms with Crippen LogP contribution in [0.5, 0.6) is 0 Å². The number of likely N-dealkylation sites (tertiary alicyclic amines) is 1. The zero-order valence-electron chi connectivity index (χ0n) is 20.0. The van der Waals surface area contributed by atoms with Gasteiger partial charge in [0, 0.05) is 49.8 Å². The highest BCUT2D eigenvalue weighted by molar-refractivity contribution is 6.02. The first-order valence-corrected chi connectivity index (χ1v) is 12.1. The molecule has 186 valence electrons. The van der Waals surface area contributed by atoms with Crippen molar-refractivity contribution >= 4 is 28.8 Å². The lowest BCUT2D eigenvalue weighted by Gasteiger charge is -2.31. The fraction of sp³-hybridized carbons (Fsp3) is 0.500. The summed E-state index contributed by atoms with van der Waals surface area (Å²) < 4.78 is 6.90. The summed E-state index contributed by atoms with van der Waals surface area (Å²) in [7, 11) is 1.87. The van der Waals surface area contributed by atoms with E-state index in [2.05, 4.69) is 33.6 Å². The number of hydrogen-bond acceptors (Lipinski definition) is 8. The summed E-state index contributed by atoms with van der Waals surface area (Å²) in [5.74, 6) is -0.554. The van der Waals surface area contributed by atoms with E-state index in [-0.39, 0.29) is 17.9 Å². The molecule has 1 aromatic heterocycles. The molecule has 4 heterocycles. The molecule has 3 aliphatic heterocycles. The molecular weight excluding hydrogens is 450 g/mol. The van der Waals surface area contributed by atoms with Gasteiger partial charge in [-0.25, -0.2) is 4.79 Å². The van der Waals surface area contributed by atoms with E-state index >= 15 is 0 Å². The SMILES string of the molecule is CCOC(=O)N1CCC(C2=CN(Cc3ccc4c(C5CCC(=O)NC5=O)nn(C)c4c3)NN2)CC1. The van der Waals surface area contributed by atoms with Gasteiger partial charge in [0.05, 0.1) is 30.3 Å². The molecule has 3 N–H and O–H groups in total. The number of aromatic nitrogens is 2. The number of aryl methyl sites for hydroxylation is 1. The summed E-state index contributed by atoms with van der Waals surface area (Å²) in [6.45, 7) is 4.24. The van der Waals surface area contributed by atoms with Crippen LogP contribution in [-0.2, 0) is 27.9 Å². The number of fused-ring (bicyclic) bond motifs is 1. The quantitative estimate of drug-likeness (QED) is 0.551. The van der Waals surface area contributed by atoms with Gasteiger partial charge in [0.25, 0.3) is 0 Å². The van der Waals surface area contributed by atoms with Crippen molar-refractivity contribution in [2.75, 3.05) is 19.7 Å². The van der Waals surface area contributed by atoms with Gasteiger partial charge >= 0.3 is 6.09 Å². The lowest BCUT2D eigenvalue weighted by Crippen LogP contribution is -2.41. The van der Waals surface area contributed by atoms with Gasteiger partial charge in [-0.2, -0.15) is 5.10 Å². The Bertz CT molecular complexity index is 1180. The number of hydrogen-bond donors (Lipinski definition) is 3. The fourth-order valence-electron chi connectivity index (χ4n) is 5.09. The highest BCUT2D eigenvalue weighted by Gasteiger charge is 2.32. The third-order valence-corrected chi connectivity index (χ3v) is 6.97. The Kier molecular flexibility index (Phi) is 6.33. The van der Waals surface area contributed by atoms with Crippen LogP contribution in [0, 0.1) is 5.92 Å². The summed E-state index contributed by atoms with van der Waals surface area (Å²) in [6.07, 6.45) is 4.44. The van der Waals surface area contributed by atoms with Gasteiger partial charge in [-0.15, -0.1) is 5.53 Å². The van der Waals surface area contributed by atoms with E-state index < -0.39 is 5.92 Å². The fourth-order valence-corrected chi connectivity index (χ4v) is 5.09. The molecule has 1 unspecified atom stereocenters. The number of carbonyl (C=O) groups is 3. The van der Waals surface area contributed by atoms with Crippen molar-refractivity contribution in [3.63, 3.8) is 0 Å². The molecule has 1 aromatic carbocycles. The van der Waals surface area contributed by atoms with Gasteiger partial charge in [0.2, 0.25) is 11.8 Å². The molecule has 3 amide bonds. The molecule has 2 fully saturated rings. The minimum absolute atomic E-state index is 0.225. The first-order chi connectivity index (χ1) is 16.9. The summed E-state index contributed by atoms with van der Waals surface area (Å²) in [5.41, 5.74) is 10.4. The molecule has 5 rings (SSSR count). The highest BCUT2D eigenvalue weighted by atomic mass is 16.6. The molecule has 0 radical (unpaired) electrons. The minimum Gasteiger partial charge on any atom is -0.450 e. The third-order valence-electron chi connectivity index (χ3n) is 6.97. The number of rotatable bonds is 5.